The van der Waals surface area contributed by atoms with Crippen LogP contribution in [0.4, 0.5) is 5.69 Å². The lowest BCUT2D eigenvalue weighted by Gasteiger charge is -2.21. The molecule has 0 radical (unpaired) electrons. The minimum absolute atomic E-state index is 0.0598. The Balaban J connectivity index is 1.87. The molecule has 0 saturated carbocycles. The van der Waals surface area contributed by atoms with Crippen molar-refractivity contribution in [2.24, 2.45) is 0 Å². The molecule has 1 amide bonds. The number of aromatic nitrogens is 2. The zero-order valence-electron chi connectivity index (χ0n) is 15.7. The molecule has 0 saturated heterocycles. The van der Waals surface area contributed by atoms with E-state index >= 15 is 0 Å². The molecule has 0 bridgehead atoms. The van der Waals surface area contributed by atoms with Crippen molar-refractivity contribution in [3.8, 4) is 0 Å². The fourth-order valence-electron chi connectivity index (χ4n) is 3.77. The highest BCUT2D eigenvalue weighted by molar-refractivity contribution is 6.03. The van der Waals surface area contributed by atoms with E-state index in [9.17, 15) is 9.59 Å². The first-order valence-electron chi connectivity index (χ1n) is 8.52. The van der Waals surface area contributed by atoms with E-state index in [1.54, 1.807) is 24.3 Å². The molecular weight excluding hydrogens is 330 g/mol. The molecule has 0 atom stereocenters. The van der Waals surface area contributed by atoms with Crippen molar-refractivity contribution >= 4 is 17.6 Å². The van der Waals surface area contributed by atoms with Crippen LogP contribution in [0.1, 0.15) is 66.4 Å². The van der Waals surface area contributed by atoms with Crippen LogP contribution in [0, 0.1) is 0 Å². The first-order chi connectivity index (χ1) is 12.1. The van der Waals surface area contributed by atoms with E-state index in [1.807, 2.05) is 0 Å². The number of carbonyl (C=O) groups is 2. The number of hydrogen-bond donors (Lipinski definition) is 1. The van der Waals surface area contributed by atoms with Crippen LogP contribution in [0.25, 0.3) is 0 Å². The van der Waals surface area contributed by atoms with Crippen molar-refractivity contribution in [2.75, 3.05) is 12.4 Å². The zero-order chi connectivity index (χ0) is 19.1. The van der Waals surface area contributed by atoms with E-state index < -0.39 is 5.97 Å². The van der Waals surface area contributed by atoms with E-state index in [0.29, 0.717) is 11.3 Å². The number of carbonyl (C=O) groups excluding carboxylic acids is 2. The summed E-state index contributed by atoms with van der Waals surface area (Å²) in [5.41, 5.74) is 2.76. The van der Waals surface area contributed by atoms with Gasteiger partial charge in [-0.3, -0.25) is 9.78 Å². The topological polar surface area (TPSA) is 81.2 Å². The molecule has 0 fully saturated rings. The molecule has 1 aliphatic rings. The van der Waals surface area contributed by atoms with Gasteiger partial charge in [-0.1, -0.05) is 33.8 Å². The largest absolute Gasteiger partial charge is 0.465 e. The molecule has 1 aliphatic carbocycles. The molecule has 0 aliphatic heterocycles. The Morgan fingerprint density at radius 3 is 2.50 bits per heavy atom. The number of methoxy groups -OCH3 is 1. The Bertz CT molecular complexity index is 888. The van der Waals surface area contributed by atoms with Crippen LogP contribution in [0.3, 0.4) is 0 Å². The summed E-state index contributed by atoms with van der Waals surface area (Å²) in [4.78, 5) is 33.4. The van der Waals surface area contributed by atoms with E-state index in [1.165, 1.54) is 13.3 Å². The average Bonchev–Trinajstić information content (AvgIpc) is 2.78. The first-order valence-corrected chi connectivity index (χ1v) is 8.52. The Hall–Kier alpha value is -2.76. The van der Waals surface area contributed by atoms with Crippen LogP contribution in [-0.4, -0.2) is 29.0 Å². The van der Waals surface area contributed by atoms with E-state index in [-0.39, 0.29) is 22.4 Å². The standard InChI is InChI=1S/C20H23N3O3/c1-19(2)11-20(3,4)16-15(19)21-10-14(23-16)17(24)22-13-8-6-7-12(9-13)18(25)26-5/h6-10H,11H2,1-5H3,(H,22,24). The van der Waals surface area contributed by atoms with Gasteiger partial charge in [0.1, 0.15) is 5.69 Å². The summed E-state index contributed by atoms with van der Waals surface area (Å²) in [7, 11) is 1.32. The van der Waals surface area contributed by atoms with Gasteiger partial charge in [0.25, 0.3) is 5.91 Å². The number of hydrogen-bond acceptors (Lipinski definition) is 5. The summed E-state index contributed by atoms with van der Waals surface area (Å²) in [6, 6.07) is 6.58. The van der Waals surface area contributed by atoms with Gasteiger partial charge in [-0.2, -0.15) is 0 Å². The second-order valence-corrected chi connectivity index (χ2v) is 7.92. The third-order valence-electron chi connectivity index (χ3n) is 4.71. The third kappa shape index (κ3) is 3.19. The Morgan fingerprint density at radius 2 is 1.81 bits per heavy atom. The molecule has 1 N–H and O–H groups in total. The summed E-state index contributed by atoms with van der Waals surface area (Å²) in [5.74, 6) is -0.815. The fraction of sp³-hybridized carbons (Fsp3) is 0.400. The van der Waals surface area contributed by atoms with Gasteiger partial charge in [-0.05, 0) is 24.6 Å². The highest BCUT2D eigenvalue weighted by Gasteiger charge is 2.44. The van der Waals surface area contributed by atoms with E-state index in [0.717, 1.165) is 17.8 Å². The van der Waals surface area contributed by atoms with Gasteiger partial charge in [0.2, 0.25) is 0 Å². The van der Waals surface area contributed by atoms with Gasteiger partial charge in [0.05, 0.1) is 30.3 Å². The van der Waals surface area contributed by atoms with E-state index in [2.05, 4.69) is 43.0 Å². The summed E-state index contributed by atoms with van der Waals surface area (Å²) in [5, 5.41) is 2.77. The molecule has 1 aromatic heterocycles. The number of nitrogens with zero attached hydrogens (tertiary/aromatic N) is 2. The van der Waals surface area contributed by atoms with Crippen LogP contribution < -0.4 is 5.32 Å². The number of rotatable bonds is 3. The fourth-order valence-corrected chi connectivity index (χ4v) is 3.77. The number of anilines is 1. The van der Waals surface area contributed by atoms with Gasteiger partial charge in [0.15, 0.2) is 0 Å². The maximum absolute atomic E-state index is 12.6. The molecule has 26 heavy (non-hydrogen) atoms. The van der Waals surface area contributed by atoms with Gasteiger partial charge >= 0.3 is 5.97 Å². The lowest BCUT2D eigenvalue weighted by molar-refractivity contribution is 0.0600. The molecule has 2 aromatic rings. The van der Waals surface area contributed by atoms with E-state index in [4.69, 9.17) is 4.74 Å². The maximum Gasteiger partial charge on any atom is 0.337 e. The molecule has 1 heterocycles. The number of fused-ring (bicyclic) bond motifs is 1. The van der Waals surface area contributed by atoms with Crippen molar-refractivity contribution in [3.05, 3.63) is 53.1 Å². The molecule has 136 valence electrons. The van der Waals surface area contributed by atoms with Crippen LogP contribution in [0.15, 0.2) is 30.5 Å². The molecule has 1 aromatic carbocycles. The second kappa shape index (κ2) is 6.20. The van der Waals surface area contributed by atoms with Crippen molar-refractivity contribution in [1.29, 1.82) is 0 Å². The lowest BCUT2D eigenvalue weighted by Crippen LogP contribution is -2.20. The SMILES string of the molecule is COC(=O)c1cccc(NC(=O)c2cnc3c(n2)C(C)(C)CC3(C)C)c1. The summed E-state index contributed by atoms with van der Waals surface area (Å²) < 4.78 is 4.70. The predicted octanol–water partition coefficient (Wildman–Crippen LogP) is 3.47. The van der Waals surface area contributed by atoms with Crippen LogP contribution >= 0.6 is 0 Å². The predicted molar refractivity (Wildman–Crippen MR) is 98.4 cm³/mol. The highest BCUT2D eigenvalue weighted by atomic mass is 16.5. The minimum Gasteiger partial charge on any atom is -0.465 e. The lowest BCUT2D eigenvalue weighted by atomic mass is 9.83. The van der Waals surface area contributed by atoms with Gasteiger partial charge in [-0.15, -0.1) is 0 Å². The molecule has 0 unspecified atom stereocenters. The molecule has 0 spiro atoms. The van der Waals surface area contributed by atoms with Gasteiger partial charge < -0.3 is 10.1 Å². The molecule has 6 nitrogen and oxygen atoms in total. The van der Waals surface area contributed by atoms with Gasteiger partial charge in [0, 0.05) is 16.5 Å². The molecule has 6 heteroatoms. The third-order valence-corrected chi connectivity index (χ3v) is 4.71. The van der Waals surface area contributed by atoms with Crippen molar-refractivity contribution in [3.63, 3.8) is 0 Å². The van der Waals surface area contributed by atoms with Gasteiger partial charge in [-0.25, -0.2) is 9.78 Å². The van der Waals surface area contributed by atoms with Crippen molar-refractivity contribution < 1.29 is 14.3 Å². The number of ether oxygens (including phenoxy) is 1. The Kier molecular flexibility index (Phi) is 4.30. The Morgan fingerprint density at radius 1 is 1.12 bits per heavy atom. The summed E-state index contributed by atoms with van der Waals surface area (Å²) >= 11 is 0. The minimum atomic E-state index is -0.456. The number of nitrogens with one attached hydrogen (secondary N) is 1. The van der Waals surface area contributed by atoms with Crippen LogP contribution in [0.2, 0.25) is 0 Å². The summed E-state index contributed by atoms with van der Waals surface area (Å²) in [6.07, 6.45) is 2.45. The maximum atomic E-state index is 12.6. The van der Waals surface area contributed by atoms with Crippen LogP contribution in [0.5, 0.6) is 0 Å². The molecule has 3 rings (SSSR count). The Labute approximate surface area is 153 Å². The first kappa shape index (κ1) is 18.0. The highest BCUT2D eigenvalue weighted by Crippen LogP contribution is 2.47. The monoisotopic (exact) mass is 353 g/mol. The quantitative estimate of drug-likeness (QED) is 0.855. The van der Waals surface area contributed by atoms with Crippen molar-refractivity contribution in [2.45, 2.75) is 44.9 Å². The number of esters is 1. The zero-order valence-corrected chi connectivity index (χ0v) is 15.7. The second-order valence-electron chi connectivity index (χ2n) is 7.92. The summed E-state index contributed by atoms with van der Waals surface area (Å²) in [6.45, 7) is 8.54. The number of amides is 1. The smallest absolute Gasteiger partial charge is 0.337 e. The van der Waals surface area contributed by atoms with Crippen LogP contribution in [-0.2, 0) is 15.6 Å². The number of benzene rings is 1. The average molecular weight is 353 g/mol. The van der Waals surface area contributed by atoms with Crippen molar-refractivity contribution in [1.82, 2.24) is 9.97 Å². The molecular formula is C20H23N3O3. The normalized spacial score (nSPS) is 16.7.